The van der Waals surface area contributed by atoms with Crippen molar-refractivity contribution in [2.75, 3.05) is 0 Å². The maximum absolute atomic E-state index is 12.4. The van der Waals surface area contributed by atoms with Crippen LogP contribution in [0.2, 0.25) is 0 Å². The molecule has 27 heavy (non-hydrogen) atoms. The molecule has 2 N–H and O–H groups in total. The Morgan fingerprint density at radius 2 is 1.67 bits per heavy atom. The van der Waals surface area contributed by atoms with Gasteiger partial charge in [0.15, 0.2) is 0 Å². The lowest BCUT2D eigenvalue weighted by Crippen LogP contribution is -2.54. The fraction of sp³-hybridized carbons (Fsp3) is 0.526. The van der Waals surface area contributed by atoms with Crippen molar-refractivity contribution in [1.82, 2.24) is 10.6 Å². The van der Waals surface area contributed by atoms with Crippen LogP contribution in [0, 0.1) is 5.92 Å². The summed E-state index contributed by atoms with van der Waals surface area (Å²) >= 11 is 0. The van der Waals surface area contributed by atoms with Crippen LogP contribution in [0.15, 0.2) is 30.3 Å². The van der Waals surface area contributed by atoms with Crippen molar-refractivity contribution in [2.24, 2.45) is 5.92 Å². The first-order valence-electron chi connectivity index (χ1n) is 9.00. The van der Waals surface area contributed by atoms with Gasteiger partial charge in [-0.1, -0.05) is 44.2 Å². The molecule has 1 aromatic carbocycles. The first-order chi connectivity index (χ1) is 12.5. The first kappa shape index (κ1) is 22.5. The molecule has 0 fully saturated rings. The van der Waals surface area contributed by atoms with Crippen molar-refractivity contribution in [3.8, 4) is 0 Å². The van der Waals surface area contributed by atoms with Gasteiger partial charge in [-0.15, -0.1) is 0 Å². The van der Waals surface area contributed by atoms with Gasteiger partial charge in [0.2, 0.25) is 5.91 Å². The van der Waals surface area contributed by atoms with Crippen LogP contribution in [0.1, 0.15) is 40.2 Å². The number of hydrogen-bond donors (Lipinski definition) is 2. The zero-order valence-electron chi connectivity index (χ0n) is 16.9. The molecule has 0 spiro atoms. The number of rotatable bonds is 7. The average molecular weight is 376 g/mol. The maximum atomic E-state index is 12.4. The minimum Gasteiger partial charge on any atom is -0.459 e. The number of alkyl carbamates (subject to hydrolysis) is 1. The molecule has 0 aliphatic heterocycles. The van der Waals surface area contributed by atoms with Gasteiger partial charge in [0.25, 0.3) is 0 Å². The summed E-state index contributed by atoms with van der Waals surface area (Å²) in [5.74, 6) is -2.04. The highest BCUT2D eigenvalue weighted by molar-refractivity contribution is 6.25. The molecular formula is C19H29BN2O5. The van der Waals surface area contributed by atoms with Gasteiger partial charge >= 0.3 is 12.1 Å². The number of hydrogen-bond acceptors (Lipinski definition) is 5. The van der Waals surface area contributed by atoms with E-state index in [1.54, 1.807) is 34.6 Å². The van der Waals surface area contributed by atoms with Gasteiger partial charge in [0, 0.05) is 0 Å². The van der Waals surface area contributed by atoms with Gasteiger partial charge in [-0.2, -0.15) is 0 Å². The fourth-order valence-corrected chi connectivity index (χ4v) is 2.14. The fourth-order valence-electron chi connectivity index (χ4n) is 2.14. The number of carbonyl (C=O) groups is 3. The van der Waals surface area contributed by atoms with Crippen LogP contribution >= 0.6 is 0 Å². The molecule has 0 radical (unpaired) electrons. The molecule has 0 aliphatic carbocycles. The second-order valence-electron chi connectivity index (χ2n) is 7.69. The number of nitrogens with one attached hydrogen (secondary N) is 2. The lowest BCUT2D eigenvalue weighted by Gasteiger charge is -2.24. The molecule has 8 heteroatoms. The molecule has 0 heterocycles. The molecule has 0 saturated carbocycles. The summed E-state index contributed by atoms with van der Waals surface area (Å²) in [6.07, 6.45) is -0.696. The molecule has 0 bridgehead atoms. The Balaban J connectivity index is 2.60. The number of amides is 2. The first-order valence-corrected chi connectivity index (χ1v) is 9.00. The molecule has 0 aliphatic rings. The molecule has 7 nitrogen and oxygen atoms in total. The second-order valence-corrected chi connectivity index (χ2v) is 7.69. The van der Waals surface area contributed by atoms with Crippen LogP contribution in [0.4, 0.5) is 4.79 Å². The third-order valence-electron chi connectivity index (χ3n) is 3.57. The summed E-state index contributed by atoms with van der Waals surface area (Å²) in [5.41, 5.74) is 0.196. The van der Waals surface area contributed by atoms with E-state index in [9.17, 15) is 14.4 Å². The van der Waals surface area contributed by atoms with Crippen LogP contribution in [0.25, 0.3) is 0 Å². The van der Waals surface area contributed by atoms with Gasteiger partial charge in [0.05, 0.1) is 5.94 Å². The van der Waals surface area contributed by atoms with Crippen molar-refractivity contribution < 1.29 is 23.9 Å². The van der Waals surface area contributed by atoms with E-state index < -0.39 is 35.6 Å². The smallest absolute Gasteiger partial charge is 0.407 e. The molecule has 2 amide bonds. The van der Waals surface area contributed by atoms with E-state index >= 15 is 0 Å². The zero-order chi connectivity index (χ0) is 20.6. The van der Waals surface area contributed by atoms with Gasteiger partial charge in [-0.05, 0) is 32.3 Å². The summed E-state index contributed by atoms with van der Waals surface area (Å²) in [4.78, 5) is 36.5. The van der Waals surface area contributed by atoms with Crippen LogP contribution in [-0.2, 0) is 25.7 Å². The van der Waals surface area contributed by atoms with Gasteiger partial charge in [-0.3, -0.25) is 4.79 Å². The van der Waals surface area contributed by atoms with E-state index in [1.807, 2.05) is 30.3 Å². The Bertz CT molecular complexity index is 643. The Morgan fingerprint density at radius 3 is 2.19 bits per heavy atom. The standard InChI is InChI=1S/C19H29BN2O5/c1-12(2)14(17(24)26-11-13-9-7-6-8-10-13)21-16(23)15(20)22-18(25)27-19(3,4)5/h6-10,12,14-15H,11,20H2,1-5H3,(H,21,23)(H,22,25)/t14-,15+/m0/s1. The Labute approximate surface area is 161 Å². The Kier molecular flexibility index (Phi) is 8.34. The van der Waals surface area contributed by atoms with E-state index in [-0.39, 0.29) is 12.5 Å². The third-order valence-corrected chi connectivity index (χ3v) is 3.57. The number of benzene rings is 1. The van der Waals surface area contributed by atoms with Crippen LogP contribution in [-0.4, -0.2) is 43.4 Å². The monoisotopic (exact) mass is 376 g/mol. The van der Waals surface area contributed by atoms with Crippen molar-refractivity contribution >= 4 is 25.8 Å². The van der Waals surface area contributed by atoms with Crippen molar-refractivity contribution in [3.05, 3.63) is 35.9 Å². The second kappa shape index (κ2) is 9.99. The van der Waals surface area contributed by atoms with E-state index in [0.717, 1.165) is 5.56 Å². The summed E-state index contributed by atoms with van der Waals surface area (Å²) in [6.45, 7) is 8.93. The molecule has 2 atom stereocenters. The minimum absolute atomic E-state index is 0.129. The highest BCUT2D eigenvalue weighted by atomic mass is 16.6. The maximum Gasteiger partial charge on any atom is 0.407 e. The van der Waals surface area contributed by atoms with Gasteiger partial charge in [-0.25, -0.2) is 9.59 Å². The van der Waals surface area contributed by atoms with Crippen LogP contribution in [0.5, 0.6) is 0 Å². The molecule has 1 rings (SSSR count). The van der Waals surface area contributed by atoms with Crippen LogP contribution < -0.4 is 10.6 Å². The van der Waals surface area contributed by atoms with Crippen molar-refractivity contribution in [2.45, 2.75) is 58.8 Å². The van der Waals surface area contributed by atoms with Gasteiger partial charge in [0.1, 0.15) is 26.1 Å². The molecule has 0 unspecified atom stereocenters. The molecule has 0 saturated heterocycles. The average Bonchev–Trinajstić information content (AvgIpc) is 2.56. The van der Waals surface area contributed by atoms with Gasteiger partial charge < -0.3 is 20.1 Å². The number of ether oxygens (including phenoxy) is 2. The molecule has 148 valence electrons. The molecule has 1 aromatic rings. The predicted molar refractivity (Wildman–Crippen MR) is 105 cm³/mol. The SMILES string of the molecule is B[C@H](NC(=O)OC(C)(C)C)C(=O)N[C@H](C(=O)OCc1ccccc1)C(C)C. The van der Waals surface area contributed by atoms with Crippen molar-refractivity contribution in [3.63, 3.8) is 0 Å². The van der Waals surface area contributed by atoms with E-state index in [0.29, 0.717) is 0 Å². The number of carbonyl (C=O) groups excluding carboxylic acids is 3. The highest BCUT2D eigenvalue weighted by Gasteiger charge is 2.28. The molecular weight excluding hydrogens is 347 g/mol. The molecule has 0 aromatic heterocycles. The predicted octanol–water partition coefficient (Wildman–Crippen LogP) is 1.35. The van der Waals surface area contributed by atoms with E-state index in [2.05, 4.69) is 10.6 Å². The summed E-state index contributed by atoms with van der Waals surface area (Å²) in [6, 6.07) is 8.47. The third kappa shape index (κ3) is 8.62. The summed E-state index contributed by atoms with van der Waals surface area (Å²) < 4.78 is 10.4. The topological polar surface area (TPSA) is 93.7 Å². The lowest BCUT2D eigenvalue weighted by atomic mass is 9.94. The van der Waals surface area contributed by atoms with Crippen molar-refractivity contribution in [1.29, 1.82) is 0 Å². The largest absolute Gasteiger partial charge is 0.459 e. The number of esters is 1. The summed E-state index contributed by atoms with van der Waals surface area (Å²) in [5, 5.41) is 5.09. The zero-order valence-corrected chi connectivity index (χ0v) is 16.9. The summed E-state index contributed by atoms with van der Waals surface area (Å²) in [7, 11) is 1.52. The minimum atomic E-state index is -0.858. The van der Waals surface area contributed by atoms with E-state index in [4.69, 9.17) is 9.47 Å². The Morgan fingerprint density at radius 1 is 1.07 bits per heavy atom. The highest BCUT2D eigenvalue weighted by Crippen LogP contribution is 2.09. The van der Waals surface area contributed by atoms with E-state index in [1.165, 1.54) is 7.85 Å². The quantitative estimate of drug-likeness (QED) is 0.554. The normalized spacial score (nSPS) is 13.4. The Hall–Kier alpha value is -2.51. The van der Waals surface area contributed by atoms with Crippen LogP contribution in [0.3, 0.4) is 0 Å². The lowest BCUT2D eigenvalue weighted by molar-refractivity contribution is -0.150.